The van der Waals surface area contributed by atoms with Crippen molar-refractivity contribution in [3.05, 3.63) is 58.0 Å². The summed E-state index contributed by atoms with van der Waals surface area (Å²) in [6, 6.07) is 7.64. The summed E-state index contributed by atoms with van der Waals surface area (Å²) < 4.78 is 14.5. The quantitative estimate of drug-likeness (QED) is 0.718. The van der Waals surface area contributed by atoms with Gasteiger partial charge < -0.3 is 10.6 Å². The van der Waals surface area contributed by atoms with E-state index in [2.05, 4.69) is 18.0 Å². The molecule has 1 heterocycles. The molecule has 0 spiro atoms. The maximum absolute atomic E-state index is 14.5. The number of nitrogens with zero attached hydrogens (tertiary/aromatic N) is 2. The largest absolute Gasteiger partial charge is 0.383 e. The van der Waals surface area contributed by atoms with Crippen LogP contribution < -0.4 is 5.73 Å². The second-order valence-electron chi connectivity index (χ2n) is 7.07. The fourth-order valence-corrected chi connectivity index (χ4v) is 3.06. The molecular weight excluding hydrogens is 313 g/mol. The average molecular weight is 343 g/mol. The second kappa shape index (κ2) is 8.95. The maximum Gasteiger partial charge on any atom is 0.127 e. The minimum Gasteiger partial charge on any atom is -0.383 e. The van der Waals surface area contributed by atoms with Crippen molar-refractivity contribution in [2.75, 3.05) is 19.8 Å². The van der Waals surface area contributed by atoms with E-state index in [0.717, 1.165) is 41.8 Å². The first-order valence-electron chi connectivity index (χ1n) is 9.07. The number of benzene rings is 1. The molecule has 0 aliphatic rings. The summed E-state index contributed by atoms with van der Waals surface area (Å²) in [6.45, 7) is 4.87. The van der Waals surface area contributed by atoms with E-state index in [-0.39, 0.29) is 5.82 Å². The van der Waals surface area contributed by atoms with Crippen LogP contribution in [0.5, 0.6) is 0 Å². The smallest absolute Gasteiger partial charge is 0.127 e. The normalized spacial score (nSPS) is 11.3. The van der Waals surface area contributed by atoms with Gasteiger partial charge in [-0.1, -0.05) is 38.0 Å². The van der Waals surface area contributed by atoms with Gasteiger partial charge in [0.05, 0.1) is 0 Å². The summed E-state index contributed by atoms with van der Waals surface area (Å²) in [5, 5.41) is 0. The molecule has 136 valence electrons. The van der Waals surface area contributed by atoms with Gasteiger partial charge in [-0.2, -0.15) is 0 Å². The molecule has 3 nitrogen and oxygen atoms in total. The maximum atomic E-state index is 14.5. The zero-order valence-corrected chi connectivity index (χ0v) is 15.9. The van der Waals surface area contributed by atoms with Crippen LogP contribution in [0.25, 0.3) is 0 Å². The van der Waals surface area contributed by atoms with Crippen LogP contribution in [0.2, 0.25) is 0 Å². The van der Waals surface area contributed by atoms with Gasteiger partial charge in [0.1, 0.15) is 11.6 Å². The van der Waals surface area contributed by atoms with E-state index >= 15 is 0 Å². The summed E-state index contributed by atoms with van der Waals surface area (Å²) in [6.07, 6.45) is 4.96. The molecule has 2 rings (SSSR count). The number of anilines is 1. The first-order valence-corrected chi connectivity index (χ1v) is 9.07. The Kier molecular flexibility index (Phi) is 6.94. The van der Waals surface area contributed by atoms with E-state index in [0.29, 0.717) is 17.8 Å². The van der Waals surface area contributed by atoms with Gasteiger partial charge >= 0.3 is 0 Å². The number of hydrogen-bond donors (Lipinski definition) is 1. The van der Waals surface area contributed by atoms with Crippen molar-refractivity contribution in [3.8, 4) is 0 Å². The molecule has 25 heavy (non-hydrogen) atoms. The van der Waals surface area contributed by atoms with Gasteiger partial charge in [-0.25, -0.2) is 9.37 Å². The summed E-state index contributed by atoms with van der Waals surface area (Å²) in [5.74, 6) is 0.460. The second-order valence-corrected chi connectivity index (χ2v) is 7.07. The van der Waals surface area contributed by atoms with Crippen molar-refractivity contribution in [2.24, 2.45) is 0 Å². The molecule has 0 atom stereocenters. The SMILES string of the molecule is CCCCCc1cc(Cc2ccc(CN(C)C)cc2F)c(C)nc1N. The van der Waals surface area contributed by atoms with Crippen molar-refractivity contribution >= 4 is 5.82 Å². The lowest BCUT2D eigenvalue weighted by Gasteiger charge is -2.13. The highest BCUT2D eigenvalue weighted by molar-refractivity contribution is 5.45. The topological polar surface area (TPSA) is 42.2 Å². The molecule has 0 saturated heterocycles. The Morgan fingerprint density at radius 1 is 1.08 bits per heavy atom. The molecule has 0 aliphatic carbocycles. The Labute approximate surface area is 151 Å². The number of hydrogen-bond acceptors (Lipinski definition) is 3. The van der Waals surface area contributed by atoms with Crippen LogP contribution in [0.3, 0.4) is 0 Å². The van der Waals surface area contributed by atoms with Crippen LogP contribution in [0.4, 0.5) is 10.2 Å². The number of aromatic nitrogens is 1. The lowest BCUT2D eigenvalue weighted by molar-refractivity contribution is 0.401. The fourth-order valence-electron chi connectivity index (χ4n) is 3.06. The van der Waals surface area contributed by atoms with E-state index in [9.17, 15) is 4.39 Å². The summed E-state index contributed by atoms with van der Waals surface area (Å²) in [7, 11) is 3.96. The minimum absolute atomic E-state index is 0.150. The fraction of sp³-hybridized carbons (Fsp3) is 0.476. The van der Waals surface area contributed by atoms with E-state index in [1.807, 2.05) is 38.1 Å². The van der Waals surface area contributed by atoms with Crippen LogP contribution in [-0.4, -0.2) is 24.0 Å². The standard InChI is InChI=1S/C21H30FN3/c1-5-6-7-8-18-13-19(15(2)24-21(18)23)12-17-10-9-16(11-20(17)22)14-25(3)4/h9-11,13H,5-8,12,14H2,1-4H3,(H2,23,24). The first kappa shape index (κ1) is 19.4. The number of pyridine rings is 1. The monoisotopic (exact) mass is 343 g/mol. The number of halogens is 1. The van der Waals surface area contributed by atoms with E-state index in [1.165, 1.54) is 12.8 Å². The van der Waals surface area contributed by atoms with Gasteiger partial charge in [0.15, 0.2) is 0 Å². The molecule has 0 saturated carbocycles. The molecule has 2 N–H and O–H groups in total. The van der Waals surface area contributed by atoms with Gasteiger partial charge in [0.2, 0.25) is 0 Å². The molecule has 4 heteroatoms. The molecular formula is C21H30FN3. The van der Waals surface area contributed by atoms with Crippen molar-refractivity contribution in [1.82, 2.24) is 9.88 Å². The van der Waals surface area contributed by atoms with Crippen molar-refractivity contribution in [2.45, 2.75) is 52.5 Å². The van der Waals surface area contributed by atoms with Crippen LogP contribution >= 0.6 is 0 Å². The molecule has 0 aliphatic heterocycles. The third kappa shape index (κ3) is 5.53. The van der Waals surface area contributed by atoms with Crippen LogP contribution in [0, 0.1) is 12.7 Å². The molecule has 0 fully saturated rings. The van der Waals surface area contributed by atoms with Crippen molar-refractivity contribution in [3.63, 3.8) is 0 Å². The summed E-state index contributed by atoms with van der Waals surface area (Å²) in [4.78, 5) is 6.52. The molecule has 0 amide bonds. The van der Waals surface area contributed by atoms with Crippen molar-refractivity contribution < 1.29 is 4.39 Å². The lowest BCUT2D eigenvalue weighted by atomic mass is 9.98. The van der Waals surface area contributed by atoms with Gasteiger partial charge in [0.25, 0.3) is 0 Å². The van der Waals surface area contributed by atoms with E-state index < -0.39 is 0 Å². The Bertz CT molecular complexity index is 711. The molecule has 1 aromatic heterocycles. The molecule has 2 aromatic rings. The molecule has 0 unspecified atom stereocenters. The van der Waals surface area contributed by atoms with Gasteiger partial charge in [0, 0.05) is 18.7 Å². The van der Waals surface area contributed by atoms with Crippen LogP contribution in [0.15, 0.2) is 24.3 Å². The predicted molar refractivity (Wildman–Crippen MR) is 103 cm³/mol. The number of rotatable bonds is 8. The summed E-state index contributed by atoms with van der Waals surface area (Å²) >= 11 is 0. The van der Waals surface area contributed by atoms with Crippen LogP contribution in [-0.2, 0) is 19.4 Å². The number of unbranched alkanes of at least 4 members (excludes halogenated alkanes) is 2. The van der Waals surface area contributed by atoms with Gasteiger partial charge in [-0.3, -0.25) is 0 Å². The number of nitrogens with two attached hydrogens (primary N) is 1. The Morgan fingerprint density at radius 3 is 2.48 bits per heavy atom. The van der Waals surface area contributed by atoms with E-state index in [1.54, 1.807) is 6.07 Å². The predicted octanol–water partition coefficient (Wildman–Crippen LogP) is 4.50. The zero-order chi connectivity index (χ0) is 18.4. The zero-order valence-electron chi connectivity index (χ0n) is 15.9. The minimum atomic E-state index is -0.150. The number of aryl methyl sites for hydroxylation is 2. The van der Waals surface area contributed by atoms with Crippen LogP contribution in [0.1, 0.15) is 54.1 Å². The first-order chi connectivity index (χ1) is 11.9. The highest BCUT2D eigenvalue weighted by Gasteiger charge is 2.11. The lowest BCUT2D eigenvalue weighted by Crippen LogP contribution is -2.11. The van der Waals surface area contributed by atoms with Crippen molar-refractivity contribution in [1.29, 1.82) is 0 Å². The summed E-state index contributed by atoms with van der Waals surface area (Å²) in [5.41, 5.74) is 10.8. The number of nitrogen functional groups attached to an aromatic ring is 1. The average Bonchev–Trinajstić information content (AvgIpc) is 2.53. The molecule has 0 bridgehead atoms. The third-order valence-corrected chi connectivity index (χ3v) is 4.48. The highest BCUT2D eigenvalue weighted by atomic mass is 19.1. The molecule has 1 aromatic carbocycles. The molecule has 0 radical (unpaired) electrons. The Morgan fingerprint density at radius 2 is 1.84 bits per heavy atom. The Balaban J connectivity index is 2.20. The highest BCUT2D eigenvalue weighted by Crippen LogP contribution is 2.22. The van der Waals surface area contributed by atoms with Gasteiger partial charge in [-0.15, -0.1) is 0 Å². The third-order valence-electron chi connectivity index (χ3n) is 4.48. The Hall–Kier alpha value is -1.94. The van der Waals surface area contributed by atoms with Gasteiger partial charge in [-0.05, 0) is 62.2 Å². The van der Waals surface area contributed by atoms with E-state index in [4.69, 9.17) is 5.73 Å².